The predicted octanol–water partition coefficient (Wildman–Crippen LogP) is 1.00. The van der Waals surface area contributed by atoms with Crippen LogP contribution in [0.5, 0.6) is 0 Å². The maximum atomic E-state index is 12.9. The summed E-state index contributed by atoms with van der Waals surface area (Å²) >= 11 is 0. The minimum absolute atomic E-state index is 0.0978. The molecule has 1 aromatic carbocycles. The van der Waals surface area contributed by atoms with Crippen molar-refractivity contribution in [1.82, 2.24) is 4.90 Å². The highest BCUT2D eigenvalue weighted by Gasteiger charge is 2.60. The predicted molar refractivity (Wildman–Crippen MR) is 106 cm³/mol. The largest absolute Gasteiger partial charge is 0.455 e. The SMILES string of the molecule is CO[C@@H]1C(=O)N2C(C(=O)OC(C)(C)C)=C(CS(=O)c3ccccc3)CS(=O)(=O)C12. The number of rotatable bonds is 5. The number of hydrogen-bond acceptors (Lipinski definition) is 7. The van der Waals surface area contributed by atoms with Crippen molar-refractivity contribution < 1.29 is 31.7 Å². The average Bonchev–Trinajstić information content (AvgIpc) is 2.61. The highest BCUT2D eigenvalue weighted by Crippen LogP contribution is 2.39. The van der Waals surface area contributed by atoms with Crippen LogP contribution in [0.2, 0.25) is 0 Å². The van der Waals surface area contributed by atoms with E-state index in [1.165, 1.54) is 7.11 Å². The fraction of sp³-hybridized carbons (Fsp3) is 0.474. The lowest BCUT2D eigenvalue weighted by molar-refractivity contribution is -0.167. The van der Waals surface area contributed by atoms with Gasteiger partial charge in [0.05, 0.1) is 22.3 Å². The molecule has 10 heteroatoms. The molecule has 1 aromatic rings. The minimum atomic E-state index is -3.83. The number of amides is 1. The number of carbonyl (C=O) groups excluding carboxylic acids is 2. The lowest BCUT2D eigenvalue weighted by Gasteiger charge is -2.48. The normalized spacial score (nSPS) is 24.6. The summed E-state index contributed by atoms with van der Waals surface area (Å²) in [4.78, 5) is 26.8. The molecule has 3 atom stereocenters. The number of ether oxygens (including phenoxy) is 2. The van der Waals surface area contributed by atoms with Crippen LogP contribution in [0.4, 0.5) is 0 Å². The van der Waals surface area contributed by atoms with Crippen molar-refractivity contribution in [2.24, 2.45) is 0 Å². The van der Waals surface area contributed by atoms with E-state index in [-0.39, 0.29) is 17.0 Å². The molecule has 29 heavy (non-hydrogen) atoms. The van der Waals surface area contributed by atoms with Crippen LogP contribution < -0.4 is 0 Å². The highest BCUT2D eigenvalue weighted by molar-refractivity contribution is 7.92. The first-order chi connectivity index (χ1) is 13.5. The molecule has 158 valence electrons. The Morgan fingerprint density at radius 3 is 2.41 bits per heavy atom. The highest BCUT2D eigenvalue weighted by atomic mass is 32.2. The summed E-state index contributed by atoms with van der Waals surface area (Å²) in [6.07, 6.45) is -1.17. The summed E-state index contributed by atoms with van der Waals surface area (Å²) in [7, 11) is -4.18. The Labute approximate surface area is 172 Å². The number of sulfone groups is 1. The van der Waals surface area contributed by atoms with Crippen molar-refractivity contribution in [2.45, 2.75) is 42.7 Å². The third kappa shape index (κ3) is 4.15. The number of benzene rings is 1. The van der Waals surface area contributed by atoms with Crippen LogP contribution in [0, 0.1) is 0 Å². The van der Waals surface area contributed by atoms with Gasteiger partial charge < -0.3 is 9.47 Å². The lowest BCUT2D eigenvalue weighted by Crippen LogP contribution is -2.70. The van der Waals surface area contributed by atoms with E-state index >= 15 is 0 Å². The Morgan fingerprint density at radius 1 is 1.24 bits per heavy atom. The maximum absolute atomic E-state index is 12.9. The van der Waals surface area contributed by atoms with Crippen molar-refractivity contribution in [1.29, 1.82) is 0 Å². The number of hydrogen-bond donors (Lipinski definition) is 0. The van der Waals surface area contributed by atoms with Crippen molar-refractivity contribution in [3.05, 3.63) is 41.6 Å². The van der Waals surface area contributed by atoms with E-state index in [2.05, 4.69) is 0 Å². The molecule has 2 heterocycles. The molecule has 1 amide bonds. The van der Waals surface area contributed by atoms with Gasteiger partial charge >= 0.3 is 5.97 Å². The zero-order valence-corrected chi connectivity index (χ0v) is 18.2. The van der Waals surface area contributed by atoms with Crippen molar-refractivity contribution in [2.75, 3.05) is 18.6 Å². The van der Waals surface area contributed by atoms with E-state index in [0.717, 1.165) is 4.90 Å². The third-order valence-corrected chi connectivity index (χ3v) is 7.82. The average molecular weight is 442 g/mol. The maximum Gasteiger partial charge on any atom is 0.355 e. The van der Waals surface area contributed by atoms with Gasteiger partial charge in [0.2, 0.25) is 0 Å². The summed E-state index contributed by atoms with van der Waals surface area (Å²) in [6, 6.07) is 8.50. The van der Waals surface area contributed by atoms with Gasteiger partial charge in [-0.25, -0.2) is 13.2 Å². The Balaban J connectivity index is 2.06. The summed E-state index contributed by atoms with van der Waals surface area (Å²) < 4.78 is 48.8. The molecule has 0 bridgehead atoms. The Bertz CT molecular complexity index is 993. The zero-order valence-electron chi connectivity index (χ0n) is 16.6. The van der Waals surface area contributed by atoms with Gasteiger partial charge in [0.25, 0.3) is 5.91 Å². The molecule has 0 N–H and O–H groups in total. The van der Waals surface area contributed by atoms with Gasteiger partial charge in [-0.1, -0.05) is 18.2 Å². The van der Waals surface area contributed by atoms with Gasteiger partial charge in [-0.3, -0.25) is 13.9 Å². The Morgan fingerprint density at radius 2 is 1.86 bits per heavy atom. The van der Waals surface area contributed by atoms with Gasteiger partial charge in [-0.05, 0) is 38.5 Å². The molecule has 2 aliphatic rings. The first kappa shape index (κ1) is 21.7. The van der Waals surface area contributed by atoms with Crippen LogP contribution in [0.25, 0.3) is 0 Å². The third-order valence-electron chi connectivity index (χ3n) is 4.47. The molecule has 2 aliphatic heterocycles. The number of fused-ring (bicyclic) bond motifs is 1. The second kappa shape index (κ2) is 7.66. The van der Waals surface area contributed by atoms with Gasteiger partial charge in [0, 0.05) is 12.0 Å². The van der Waals surface area contributed by atoms with Crippen LogP contribution in [0.1, 0.15) is 20.8 Å². The zero-order chi connectivity index (χ0) is 21.6. The smallest absolute Gasteiger partial charge is 0.355 e. The molecule has 1 fully saturated rings. The molecular weight excluding hydrogens is 418 g/mol. The molecule has 0 saturated carbocycles. The molecule has 0 radical (unpaired) electrons. The second-order valence-corrected chi connectivity index (χ2v) is 11.4. The monoisotopic (exact) mass is 441 g/mol. The summed E-state index contributed by atoms with van der Waals surface area (Å²) in [5.41, 5.74) is -0.906. The van der Waals surface area contributed by atoms with E-state index < -0.39 is 55.3 Å². The standard InChI is InChI=1S/C19H23NO7S2/c1-19(2,3)27-18(22)14-12(10-28(23)13-8-6-5-7-9-13)11-29(24,25)17-15(26-4)16(21)20(14)17/h5-9,15,17H,10-11H2,1-4H3/t15-,17?,28?/m1/s1. The molecule has 8 nitrogen and oxygen atoms in total. The lowest BCUT2D eigenvalue weighted by atomic mass is 10.1. The first-order valence-corrected chi connectivity index (χ1v) is 12.0. The number of esters is 1. The van der Waals surface area contributed by atoms with E-state index in [4.69, 9.17) is 9.47 Å². The van der Waals surface area contributed by atoms with Crippen LogP contribution in [0.15, 0.2) is 46.5 Å². The first-order valence-electron chi connectivity index (χ1n) is 8.92. The van der Waals surface area contributed by atoms with E-state index in [1.807, 2.05) is 0 Å². The van der Waals surface area contributed by atoms with Crippen molar-refractivity contribution >= 4 is 32.5 Å². The van der Waals surface area contributed by atoms with Gasteiger partial charge in [-0.2, -0.15) is 0 Å². The van der Waals surface area contributed by atoms with E-state index in [1.54, 1.807) is 51.1 Å². The van der Waals surface area contributed by atoms with Crippen molar-refractivity contribution in [3.8, 4) is 0 Å². The molecule has 3 rings (SSSR count). The van der Waals surface area contributed by atoms with Crippen LogP contribution in [0.3, 0.4) is 0 Å². The molecular formula is C19H23NO7S2. The number of β-lactam (4-membered cyclic amide) rings is 1. The molecule has 1 saturated heterocycles. The molecule has 0 aliphatic carbocycles. The summed E-state index contributed by atoms with van der Waals surface area (Å²) in [5, 5.41) is -1.28. The van der Waals surface area contributed by atoms with Crippen LogP contribution in [-0.2, 0) is 39.7 Å². The van der Waals surface area contributed by atoms with Gasteiger partial charge in [0.15, 0.2) is 21.3 Å². The summed E-state index contributed by atoms with van der Waals surface area (Å²) in [6.45, 7) is 5.00. The van der Waals surface area contributed by atoms with Gasteiger partial charge in [0.1, 0.15) is 11.3 Å². The topological polar surface area (TPSA) is 107 Å². The van der Waals surface area contributed by atoms with Crippen LogP contribution >= 0.6 is 0 Å². The fourth-order valence-corrected chi connectivity index (χ4v) is 6.64. The summed E-state index contributed by atoms with van der Waals surface area (Å²) in [5.74, 6) is -2.15. The van der Waals surface area contributed by atoms with E-state index in [0.29, 0.717) is 4.90 Å². The number of nitrogens with zero attached hydrogens (tertiary/aromatic N) is 1. The molecule has 0 spiro atoms. The minimum Gasteiger partial charge on any atom is -0.455 e. The number of methoxy groups -OCH3 is 1. The quantitative estimate of drug-likeness (QED) is 0.496. The van der Waals surface area contributed by atoms with Gasteiger partial charge in [-0.15, -0.1) is 0 Å². The Hall–Kier alpha value is -2.04. The molecule has 0 aromatic heterocycles. The number of carbonyl (C=O) groups is 2. The van der Waals surface area contributed by atoms with Crippen LogP contribution in [-0.4, -0.2) is 65.1 Å². The Kier molecular flexibility index (Phi) is 5.72. The van der Waals surface area contributed by atoms with Crippen molar-refractivity contribution in [3.63, 3.8) is 0 Å². The molecule has 2 unspecified atom stereocenters. The second-order valence-electron chi connectivity index (χ2n) is 7.82. The fourth-order valence-electron chi connectivity index (χ4n) is 3.30. The van der Waals surface area contributed by atoms with E-state index in [9.17, 15) is 22.2 Å².